The summed E-state index contributed by atoms with van der Waals surface area (Å²) in [6.45, 7) is 2.18. The van der Waals surface area contributed by atoms with Gasteiger partial charge in [0.15, 0.2) is 0 Å². The van der Waals surface area contributed by atoms with Crippen molar-refractivity contribution in [2.45, 2.75) is 25.8 Å². The van der Waals surface area contributed by atoms with E-state index in [1.54, 1.807) is 0 Å². The molecule has 0 aliphatic carbocycles. The monoisotopic (exact) mass is 286 g/mol. The van der Waals surface area contributed by atoms with Crippen LogP contribution in [0.15, 0.2) is 0 Å². The number of rotatable bonds is 3. The summed E-state index contributed by atoms with van der Waals surface area (Å²) in [6, 6.07) is 1.10. The average Bonchev–Trinajstić information content (AvgIpc) is 2.23. The molecule has 84 valence electrons. The van der Waals surface area contributed by atoms with Crippen LogP contribution in [0.5, 0.6) is 0 Å². The van der Waals surface area contributed by atoms with E-state index in [0.29, 0.717) is 0 Å². The zero-order valence-corrected chi connectivity index (χ0v) is 15.4. The van der Waals surface area contributed by atoms with E-state index in [4.69, 9.17) is 20.6 Å². The van der Waals surface area contributed by atoms with Crippen LogP contribution in [-0.4, -0.2) is 49.3 Å². The molecule has 0 aromatic rings. The third kappa shape index (κ3) is 6.38. The van der Waals surface area contributed by atoms with E-state index >= 15 is 0 Å². The molecule has 0 N–H and O–H groups in total. The van der Waals surface area contributed by atoms with Gasteiger partial charge in [0.05, 0.1) is 0 Å². The van der Waals surface area contributed by atoms with Crippen molar-refractivity contribution in [2.75, 3.05) is 0 Å². The predicted molar refractivity (Wildman–Crippen MR) is 66.5 cm³/mol. The Labute approximate surface area is 95.9 Å². The maximum Gasteiger partial charge on any atom is 0.303 e. The molecule has 1 aliphatic heterocycles. The summed E-state index contributed by atoms with van der Waals surface area (Å²) in [6.07, 6.45) is 2.40. The molecule has 0 unspecified atom stereocenters. The largest absolute Gasteiger partial charge is 0.425 e. The Balaban J connectivity index is 2.16. The van der Waals surface area contributed by atoms with E-state index in [9.17, 15) is 0 Å². The third-order valence-electron chi connectivity index (χ3n) is 1.80. The van der Waals surface area contributed by atoms with E-state index in [1.165, 1.54) is 12.8 Å². The van der Waals surface area contributed by atoms with Crippen molar-refractivity contribution in [3.63, 3.8) is 0 Å². The van der Waals surface area contributed by atoms with Crippen LogP contribution in [-0.2, 0) is 20.6 Å². The molecule has 0 saturated carbocycles. The first-order chi connectivity index (χ1) is 6.93. The van der Waals surface area contributed by atoms with Gasteiger partial charge < -0.3 is 20.6 Å². The predicted octanol–water partition coefficient (Wildman–Crippen LogP) is -2.90. The highest BCUT2D eigenvalue weighted by Crippen LogP contribution is 2.03. The van der Waals surface area contributed by atoms with Crippen LogP contribution in [0.1, 0.15) is 19.8 Å². The minimum absolute atomic E-state index is 0.766. The van der Waals surface area contributed by atoms with Gasteiger partial charge in [0.1, 0.15) is 0 Å². The van der Waals surface area contributed by atoms with Crippen molar-refractivity contribution >= 4 is 49.3 Å². The molecular weight excluding hydrogens is 268 g/mol. The van der Waals surface area contributed by atoms with Crippen LogP contribution in [0, 0.1) is 0 Å². The minimum atomic E-state index is -1.40. The molecule has 0 spiro atoms. The van der Waals surface area contributed by atoms with E-state index in [1.807, 2.05) is 0 Å². The molecule has 0 aromatic heterocycles. The minimum Gasteiger partial charge on any atom is -0.425 e. The van der Waals surface area contributed by atoms with Gasteiger partial charge in [-0.3, -0.25) is 0 Å². The standard InChI is InChI=1S/C4H18O5Si5/c1-2-3-4-14-8-12-6-10-5-11-7-13-9-14/h14H,2-4,10-13H2,1H3. The van der Waals surface area contributed by atoms with Gasteiger partial charge in [-0.25, -0.2) is 0 Å². The smallest absolute Gasteiger partial charge is 0.303 e. The first kappa shape index (κ1) is 13.0. The Hall–Kier alpha value is 0.884. The molecule has 5 nitrogen and oxygen atoms in total. The Morgan fingerprint density at radius 3 is 2.07 bits per heavy atom. The summed E-state index contributed by atoms with van der Waals surface area (Å²) in [7, 11) is -4.53. The first-order valence-electron chi connectivity index (χ1n) is 4.90. The Morgan fingerprint density at radius 1 is 0.929 bits per heavy atom. The Morgan fingerprint density at radius 2 is 1.50 bits per heavy atom. The van der Waals surface area contributed by atoms with Crippen molar-refractivity contribution in [1.29, 1.82) is 0 Å². The topological polar surface area (TPSA) is 46.2 Å². The van der Waals surface area contributed by atoms with E-state index < -0.39 is 49.3 Å². The average molecular weight is 287 g/mol. The molecular formula is C4H18O5Si5. The maximum atomic E-state index is 5.68. The first-order valence-corrected chi connectivity index (χ1v) is 11.3. The Bertz CT molecular complexity index is 129. The van der Waals surface area contributed by atoms with E-state index in [0.717, 1.165) is 6.04 Å². The van der Waals surface area contributed by atoms with Crippen LogP contribution in [0.4, 0.5) is 0 Å². The highest BCUT2D eigenvalue weighted by Gasteiger charge is 2.13. The summed E-state index contributed by atoms with van der Waals surface area (Å²) >= 11 is 0. The van der Waals surface area contributed by atoms with Gasteiger partial charge >= 0.3 is 9.28 Å². The molecule has 0 amide bonds. The highest BCUT2D eigenvalue weighted by molar-refractivity contribution is 6.59. The van der Waals surface area contributed by atoms with Gasteiger partial charge in [0.2, 0.25) is 0 Å². The van der Waals surface area contributed by atoms with Crippen LogP contribution in [0.25, 0.3) is 0 Å². The van der Waals surface area contributed by atoms with Gasteiger partial charge in [-0.1, -0.05) is 19.8 Å². The molecule has 1 aliphatic rings. The molecule has 0 atom stereocenters. The van der Waals surface area contributed by atoms with Gasteiger partial charge in [0, 0.05) is 0 Å². The lowest BCUT2D eigenvalue weighted by Crippen LogP contribution is -2.32. The normalized spacial score (nSPS) is 32.8. The van der Waals surface area contributed by atoms with Crippen molar-refractivity contribution < 1.29 is 20.6 Å². The molecule has 0 bridgehead atoms. The number of hydrogen-bond acceptors (Lipinski definition) is 5. The molecule has 1 saturated heterocycles. The zero-order valence-electron chi connectivity index (χ0n) is 8.57. The molecule has 0 radical (unpaired) electrons. The van der Waals surface area contributed by atoms with Crippen molar-refractivity contribution in [3.8, 4) is 0 Å². The van der Waals surface area contributed by atoms with Crippen LogP contribution >= 0.6 is 0 Å². The van der Waals surface area contributed by atoms with Crippen LogP contribution in [0.3, 0.4) is 0 Å². The molecule has 1 heterocycles. The molecule has 10 heteroatoms. The highest BCUT2D eigenvalue weighted by atomic mass is 28.4. The lowest BCUT2D eigenvalue weighted by atomic mass is 10.4. The number of unbranched alkanes of at least 4 members (excludes halogenated alkanes) is 1. The van der Waals surface area contributed by atoms with Gasteiger partial charge in [-0.2, -0.15) is 0 Å². The van der Waals surface area contributed by atoms with Crippen LogP contribution in [0.2, 0.25) is 6.04 Å². The maximum absolute atomic E-state index is 5.68. The molecule has 1 rings (SSSR count). The second-order valence-electron chi connectivity index (χ2n) is 2.99. The number of hydrogen-bond donors (Lipinski definition) is 0. The molecule has 14 heavy (non-hydrogen) atoms. The zero-order chi connectivity index (χ0) is 10.1. The van der Waals surface area contributed by atoms with Crippen molar-refractivity contribution in [2.24, 2.45) is 0 Å². The van der Waals surface area contributed by atoms with E-state index in [-0.39, 0.29) is 0 Å². The lowest BCUT2D eigenvalue weighted by molar-refractivity contribution is 0.331. The fourth-order valence-electron chi connectivity index (χ4n) is 1.05. The SMILES string of the molecule is CCCC[SiH]1O[SiH2]O[SiH2]O[SiH2]O[SiH2]O1. The summed E-state index contributed by atoms with van der Waals surface area (Å²) in [5, 5.41) is 0. The summed E-state index contributed by atoms with van der Waals surface area (Å²) in [5.41, 5.74) is 0. The quantitative estimate of drug-likeness (QED) is 0.521. The molecule has 1 fully saturated rings. The lowest BCUT2D eigenvalue weighted by Gasteiger charge is -2.19. The second kappa shape index (κ2) is 9.14. The molecule has 0 aromatic carbocycles. The van der Waals surface area contributed by atoms with Gasteiger partial charge in [0.25, 0.3) is 40.0 Å². The van der Waals surface area contributed by atoms with Gasteiger partial charge in [-0.05, 0) is 6.04 Å². The van der Waals surface area contributed by atoms with Crippen molar-refractivity contribution in [1.82, 2.24) is 0 Å². The fraction of sp³-hybridized carbons (Fsp3) is 1.00. The van der Waals surface area contributed by atoms with Gasteiger partial charge in [-0.15, -0.1) is 0 Å². The summed E-state index contributed by atoms with van der Waals surface area (Å²) < 4.78 is 27.4. The summed E-state index contributed by atoms with van der Waals surface area (Å²) in [5.74, 6) is 0. The summed E-state index contributed by atoms with van der Waals surface area (Å²) in [4.78, 5) is 0. The second-order valence-corrected chi connectivity index (χ2v) is 12.9. The van der Waals surface area contributed by atoms with E-state index in [2.05, 4.69) is 6.92 Å². The van der Waals surface area contributed by atoms with Crippen LogP contribution < -0.4 is 0 Å². The Kier molecular flexibility index (Phi) is 8.45. The third-order valence-corrected chi connectivity index (χ3v) is 10.7. The fourth-order valence-corrected chi connectivity index (χ4v) is 12.0. The van der Waals surface area contributed by atoms with Crippen molar-refractivity contribution in [3.05, 3.63) is 0 Å².